The molecule has 1 unspecified atom stereocenters. The predicted octanol–water partition coefficient (Wildman–Crippen LogP) is 4.71. The Labute approximate surface area is 181 Å². The van der Waals surface area contributed by atoms with Gasteiger partial charge in [0.1, 0.15) is 11.4 Å². The molecule has 3 aromatic rings. The monoisotopic (exact) mass is 444 g/mol. The number of hydrogen-bond acceptors (Lipinski definition) is 4. The van der Waals surface area contributed by atoms with Crippen molar-refractivity contribution in [2.75, 3.05) is 11.9 Å². The lowest BCUT2D eigenvalue weighted by Crippen LogP contribution is -2.43. The summed E-state index contributed by atoms with van der Waals surface area (Å²) >= 11 is 0. The lowest BCUT2D eigenvalue weighted by atomic mass is 10.0. The number of piperidine rings is 1. The molecule has 6 nitrogen and oxygen atoms in total. The van der Waals surface area contributed by atoms with Crippen LogP contribution in [0, 0.1) is 5.82 Å². The van der Waals surface area contributed by atoms with Crippen LogP contribution in [0.15, 0.2) is 58.0 Å². The minimum atomic E-state index is -3.57. The van der Waals surface area contributed by atoms with Crippen molar-refractivity contribution >= 4 is 32.6 Å². The summed E-state index contributed by atoms with van der Waals surface area (Å²) in [6.07, 6.45) is 5.06. The Balaban J connectivity index is 1.45. The molecule has 0 bridgehead atoms. The van der Waals surface area contributed by atoms with Crippen LogP contribution in [0.25, 0.3) is 11.0 Å². The quantitative estimate of drug-likeness (QED) is 0.597. The molecule has 1 atom stereocenters. The molecule has 2 heterocycles. The molecule has 31 heavy (non-hydrogen) atoms. The Morgan fingerprint density at radius 2 is 1.97 bits per heavy atom. The third-order valence-electron chi connectivity index (χ3n) is 5.76. The number of carbonyl (C=O) groups is 1. The number of fused-ring (bicyclic) bond motifs is 1. The number of carbonyl (C=O) groups excluding carboxylic acids is 1. The van der Waals surface area contributed by atoms with E-state index in [2.05, 4.69) is 5.32 Å². The normalized spacial score (nSPS) is 17.7. The highest BCUT2D eigenvalue weighted by Crippen LogP contribution is 2.28. The second-order valence-electron chi connectivity index (χ2n) is 7.82. The Morgan fingerprint density at radius 3 is 2.71 bits per heavy atom. The van der Waals surface area contributed by atoms with E-state index in [1.54, 1.807) is 16.4 Å². The standard InChI is InChI=1S/C23H25FN2O4S/c1-2-19-5-3-4-12-26(19)31(28,29)20-9-7-18(8-10-20)25-23(27)13-16-15-30-22-11-6-17(24)14-21(16)22/h6-11,14-15,19H,2-5,12-13H2,1H3,(H,25,27). The summed E-state index contributed by atoms with van der Waals surface area (Å²) in [5.74, 6) is -0.698. The Bertz CT molecular complexity index is 1190. The average molecular weight is 445 g/mol. The number of furan rings is 1. The van der Waals surface area contributed by atoms with Crippen molar-refractivity contribution in [1.82, 2.24) is 4.31 Å². The fraction of sp³-hybridized carbons (Fsp3) is 0.348. The highest BCUT2D eigenvalue weighted by atomic mass is 32.2. The van der Waals surface area contributed by atoms with E-state index in [0.29, 0.717) is 28.8 Å². The van der Waals surface area contributed by atoms with Gasteiger partial charge in [-0.2, -0.15) is 4.31 Å². The van der Waals surface area contributed by atoms with Crippen LogP contribution in [-0.2, 0) is 21.2 Å². The van der Waals surface area contributed by atoms with E-state index >= 15 is 0 Å². The fourth-order valence-electron chi connectivity index (χ4n) is 4.11. The molecule has 1 aliphatic rings. The summed E-state index contributed by atoms with van der Waals surface area (Å²) in [7, 11) is -3.57. The largest absolute Gasteiger partial charge is 0.464 e. The van der Waals surface area contributed by atoms with Crippen molar-refractivity contribution in [3.05, 3.63) is 60.1 Å². The van der Waals surface area contributed by atoms with E-state index in [1.807, 2.05) is 6.92 Å². The number of hydrogen-bond donors (Lipinski definition) is 1. The van der Waals surface area contributed by atoms with Crippen molar-refractivity contribution in [3.63, 3.8) is 0 Å². The molecule has 0 spiro atoms. The van der Waals surface area contributed by atoms with Crippen molar-refractivity contribution in [3.8, 4) is 0 Å². The van der Waals surface area contributed by atoms with Gasteiger partial charge in [0.25, 0.3) is 0 Å². The molecular formula is C23H25FN2O4S. The van der Waals surface area contributed by atoms with Gasteiger partial charge in [0.2, 0.25) is 15.9 Å². The molecular weight excluding hydrogens is 419 g/mol. The zero-order valence-corrected chi connectivity index (χ0v) is 18.1. The summed E-state index contributed by atoms with van der Waals surface area (Å²) in [5.41, 5.74) is 1.59. The van der Waals surface area contributed by atoms with Crippen LogP contribution in [-0.4, -0.2) is 31.2 Å². The summed E-state index contributed by atoms with van der Waals surface area (Å²) in [6, 6.07) is 10.4. The van der Waals surface area contributed by atoms with E-state index in [0.717, 1.165) is 25.7 Å². The molecule has 1 amide bonds. The van der Waals surface area contributed by atoms with Crippen LogP contribution in [0.4, 0.5) is 10.1 Å². The maximum atomic E-state index is 13.5. The van der Waals surface area contributed by atoms with Gasteiger partial charge in [-0.25, -0.2) is 12.8 Å². The molecule has 1 aliphatic heterocycles. The van der Waals surface area contributed by atoms with E-state index in [-0.39, 0.29) is 23.3 Å². The third-order valence-corrected chi connectivity index (χ3v) is 7.72. The Morgan fingerprint density at radius 1 is 1.19 bits per heavy atom. The smallest absolute Gasteiger partial charge is 0.243 e. The second-order valence-corrected chi connectivity index (χ2v) is 9.71. The minimum absolute atomic E-state index is 0.0163. The van der Waals surface area contributed by atoms with Gasteiger partial charge < -0.3 is 9.73 Å². The molecule has 8 heteroatoms. The van der Waals surface area contributed by atoms with Gasteiger partial charge in [-0.1, -0.05) is 13.3 Å². The Kier molecular flexibility index (Phi) is 6.11. The number of halogens is 1. The summed E-state index contributed by atoms with van der Waals surface area (Å²) < 4.78 is 46.6. The SMILES string of the molecule is CCC1CCCCN1S(=O)(=O)c1ccc(NC(=O)Cc2coc3ccc(F)cc23)cc1. The van der Waals surface area contributed by atoms with Crippen LogP contribution in [0.1, 0.15) is 38.2 Å². The molecule has 1 N–H and O–H groups in total. The van der Waals surface area contributed by atoms with Crippen molar-refractivity contribution in [2.45, 2.75) is 50.0 Å². The zero-order chi connectivity index (χ0) is 22.0. The van der Waals surface area contributed by atoms with Gasteiger partial charge >= 0.3 is 0 Å². The topological polar surface area (TPSA) is 79.6 Å². The molecule has 0 saturated carbocycles. The van der Waals surface area contributed by atoms with Crippen LogP contribution in [0.3, 0.4) is 0 Å². The number of amides is 1. The number of anilines is 1. The number of benzene rings is 2. The van der Waals surface area contributed by atoms with Crippen molar-refractivity contribution in [1.29, 1.82) is 0 Å². The first kappa shape index (κ1) is 21.5. The fourth-order valence-corrected chi connectivity index (χ4v) is 5.88. The van der Waals surface area contributed by atoms with E-state index in [4.69, 9.17) is 4.42 Å². The molecule has 164 valence electrons. The van der Waals surface area contributed by atoms with Crippen molar-refractivity contribution < 1.29 is 22.0 Å². The van der Waals surface area contributed by atoms with Gasteiger partial charge in [-0.15, -0.1) is 0 Å². The lowest BCUT2D eigenvalue weighted by molar-refractivity contribution is -0.115. The first-order valence-electron chi connectivity index (χ1n) is 10.5. The highest BCUT2D eigenvalue weighted by molar-refractivity contribution is 7.89. The average Bonchev–Trinajstić information content (AvgIpc) is 3.15. The van der Waals surface area contributed by atoms with Crippen LogP contribution in [0.5, 0.6) is 0 Å². The summed E-state index contributed by atoms with van der Waals surface area (Å²) in [6.45, 7) is 2.55. The van der Waals surface area contributed by atoms with E-state index in [9.17, 15) is 17.6 Å². The lowest BCUT2D eigenvalue weighted by Gasteiger charge is -2.34. The molecule has 1 aromatic heterocycles. The number of nitrogens with one attached hydrogen (secondary N) is 1. The zero-order valence-electron chi connectivity index (χ0n) is 17.3. The van der Waals surface area contributed by atoms with Gasteiger partial charge in [0, 0.05) is 29.2 Å². The summed E-state index contributed by atoms with van der Waals surface area (Å²) in [4.78, 5) is 12.7. The first-order chi connectivity index (χ1) is 14.9. The molecule has 2 aromatic carbocycles. The highest BCUT2D eigenvalue weighted by Gasteiger charge is 2.32. The maximum absolute atomic E-state index is 13.5. The third kappa shape index (κ3) is 4.50. The molecule has 1 saturated heterocycles. The predicted molar refractivity (Wildman–Crippen MR) is 117 cm³/mol. The molecule has 0 aliphatic carbocycles. The van der Waals surface area contributed by atoms with Crippen LogP contribution >= 0.6 is 0 Å². The molecule has 4 rings (SSSR count). The van der Waals surface area contributed by atoms with Gasteiger partial charge in [0.05, 0.1) is 17.6 Å². The van der Waals surface area contributed by atoms with Gasteiger partial charge in [-0.3, -0.25) is 4.79 Å². The number of rotatable bonds is 6. The second kappa shape index (κ2) is 8.80. The first-order valence-corrected chi connectivity index (χ1v) is 11.9. The maximum Gasteiger partial charge on any atom is 0.243 e. The molecule has 0 radical (unpaired) electrons. The van der Waals surface area contributed by atoms with Crippen molar-refractivity contribution in [2.24, 2.45) is 0 Å². The number of nitrogens with zero attached hydrogens (tertiary/aromatic N) is 1. The summed E-state index contributed by atoms with van der Waals surface area (Å²) in [5, 5.41) is 3.31. The Hall–Kier alpha value is -2.71. The van der Waals surface area contributed by atoms with Gasteiger partial charge in [-0.05, 0) is 61.7 Å². The minimum Gasteiger partial charge on any atom is -0.464 e. The van der Waals surface area contributed by atoms with E-state index < -0.39 is 15.8 Å². The van der Waals surface area contributed by atoms with Crippen LogP contribution < -0.4 is 5.32 Å². The van der Waals surface area contributed by atoms with Crippen LogP contribution in [0.2, 0.25) is 0 Å². The van der Waals surface area contributed by atoms with E-state index in [1.165, 1.54) is 36.6 Å². The number of sulfonamides is 1. The van der Waals surface area contributed by atoms with Gasteiger partial charge in [0.15, 0.2) is 0 Å². The molecule has 1 fully saturated rings.